The van der Waals surface area contributed by atoms with Crippen molar-refractivity contribution in [1.82, 2.24) is 19.9 Å². The van der Waals surface area contributed by atoms with E-state index in [1.165, 1.54) is 0 Å². The second kappa shape index (κ2) is 8.56. The molecule has 2 aromatic carbocycles. The van der Waals surface area contributed by atoms with Crippen molar-refractivity contribution in [3.05, 3.63) is 90.0 Å². The van der Waals surface area contributed by atoms with E-state index in [9.17, 15) is 4.79 Å². The maximum Gasteiger partial charge on any atom is 0.251 e. The van der Waals surface area contributed by atoms with Crippen molar-refractivity contribution in [3.8, 4) is 5.75 Å². The van der Waals surface area contributed by atoms with Gasteiger partial charge in [0.05, 0.1) is 18.1 Å². The number of pyridine rings is 1. The molecule has 0 aliphatic rings. The van der Waals surface area contributed by atoms with E-state index < -0.39 is 0 Å². The summed E-state index contributed by atoms with van der Waals surface area (Å²) in [6.07, 6.45) is 3.87. The van der Waals surface area contributed by atoms with E-state index in [1.54, 1.807) is 31.6 Å². The lowest BCUT2D eigenvalue weighted by Gasteiger charge is -2.11. The van der Waals surface area contributed by atoms with Gasteiger partial charge in [-0.2, -0.15) is 0 Å². The Kier molecular flexibility index (Phi) is 5.52. The first kappa shape index (κ1) is 18.7. The number of amides is 1. The van der Waals surface area contributed by atoms with Gasteiger partial charge in [-0.1, -0.05) is 24.3 Å². The van der Waals surface area contributed by atoms with Gasteiger partial charge >= 0.3 is 0 Å². The molecule has 6 heteroatoms. The molecule has 0 radical (unpaired) electrons. The fourth-order valence-electron chi connectivity index (χ4n) is 3.30. The smallest absolute Gasteiger partial charge is 0.251 e. The van der Waals surface area contributed by atoms with Crippen LogP contribution < -0.4 is 10.1 Å². The summed E-state index contributed by atoms with van der Waals surface area (Å²) in [6, 6.07) is 19.5. The van der Waals surface area contributed by atoms with E-state index in [0.717, 1.165) is 28.2 Å². The lowest BCUT2D eigenvalue weighted by molar-refractivity contribution is 0.0954. The van der Waals surface area contributed by atoms with E-state index in [2.05, 4.69) is 33.1 Å². The number of para-hydroxylation sites is 2. The van der Waals surface area contributed by atoms with E-state index in [-0.39, 0.29) is 5.91 Å². The molecule has 4 aromatic rings. The average molecular weight is 386 g/mol. The van der Waals surface area contributed by atoms with Crippen LogP contribution in [0.3, 0.4) is 0 Å². The van der Waals surface area contributed by atoms with Crippen molar-refractivity contribution < 1.29 is 9.53 Å². The molecule has 2 aromatic heterocycles. The van der Waals surface area contributed by atoms with Crippen LogP contribution in [-0.2, 0) is 13.0 Å². The molecular weight excluding hydrogens is 364 g/mol. The Labute approximate surface area is 169 Å². The van der Waals surface area contributed by atoms with E-state index in [4.69, 9.17) is 9.72 Å². The van der Waals surface area contributed by atoms with Gasteiger partial charge in [-0.05, 0) is 42.0 Å². The number of nitrogens with zero attached hydrogens (tertiary/aromatic N) is 3. The molecule has 0 spiro atoms. The van der Waals surface area contributed by atoms with Crippen molar-refractivity contribution in [2.75, 3.05) is 13.7 Å². The minimum absolute atomic E-state index is 0.106. The molecule has 0 bridgehead atoms. The van der Waals surface area contributed by atoms with Gasteiger partial charge in [-0.3, -0.25) is 9.78 Å². The summed E-state index contributed by atoms with van der Waals surface area (Å²) >= 11 is 0. The lowest BCUT2D eigenvalue weighted by atomic mass is 10.2. The molecule has 0 aliphatic carbocycles. The Hall–Kier alpha value is -3.67. The fraction of sp³-hybridized carbons (Fsp3) is 0.174. The third-order valence-corrected chi connectivity index (χ3v) is 4.81. The zero-order chi connectivity index (χ0) is 20.1. The van der Waals surface area contributed by atoms with Crippen LogP contribution in [-0.4, -0.2) is 34.1 Å². The van der Waals surface area contributed by atoms with Crippen LogP contribution in [0.25, 0.3) is 11.0 Å². The lowest BCUT2D eigenvalue weighted by Crippen LogP contribution is -2.26. The predicted octanol–water partition coefficient (Wildman–Crippen LogP) is 3.46. The van der Waals surface area contributed by atoms with Crippen molar-refractivity contribution in [2.45, 2.75) is 13.0 Å². The first-order valence-electron chi connectivity index (χ1n) is 9.50. The molecule has 1 amide bonds. The molecule has 0 fully saturated rings. The molecule has 0 aliphatic heterocycles. The Balaban J connectivity index is 1.52. The van der Waals surface area contributed by atoms with Crippen LogP contribution in [0.1, 0.15) is 21.7 Å². The van der Waals surface area contributed by atoms with Crippen LogP contribution in [0, 0.1) is 0 Å². The van der Waals surface area contributed by atoms with Crippen molar-refractivity contribution in [2.24, 2.45) is 0 Å². The van der Waals surface area contributed by atoms with Crippen LogP contribution in [0.4, 0.5) is 0 Å². The number of nitrogens with one attached hydrogen (secondary N) is 1. The summed E-state index contributed by atoms with van der Waals surface area (Å²) in [5.41, 5.74) is 3.80. The van der Waals surface area contributed by atoms with Gasteiger partial charge in [0, 0.05) is 37.5 Å². The third-order valence-electron chi connectivity index (χ3n) is 4.81. The number of imidazole rings is 1. The monoisotopic (exact) mass is 386 g/mol. The predicted molar refractivity (Wildman–Crippen MR) is 112 cm³/mol. The van der Waals surface area contributed by atoms with Gasteiger partial charge in [0.2, 0.25) is 0 Å². The molecule has 0 saturated heterocycles. The van der Waals surface area contributed by atoms with Gasteiger partial charge in [0.25, 0.3) is 5.91 Å². The van der Waals surface area contributed by atoms with Crippen molar-refractivity contribution in [3.63, 3.8) is 0 Å². The molecule has 0 saturated carbocycles. The number of carbonyl (C=O) groups is 1. The minimum Gasteiger partial charge on any atom is -0.497 e. The van der Waals surface area contributed by atoms with Crippen molar-refractivity contribution >= 4 is 16.9 Å². The molecule has 29 heavy (non-hydrogen) atoms. The number of aromatic nitrogens is 3. The standard InChI is InChI=1S/C23H22N4O2/c1-29-19-8-6-17(7-9-19)16-27-21-5-3-2-4-20(21)26-22(27)12-15-25-23(28)18-10-13-24-14-11-18/h2-11,13-14H,12,15-16H2,1H3,(H,25,28). The molecule has 1 N–H and O–H groups in total. The summed E-state index contributed by atoms with van der Waals surface area (Å²) in [4.78, 5) is 21.0. The first-order valence-corrected chi connectivity index (χ1v) is 9.50. The number of carbonyl (C=O) groups excluding carboxylic acids is 1. The van der Waals surface area contributed by atoms with Gasteiger partial charge in [0.15, 0.2) is 0 Å². The zero-order valence-corrected chi connectivity index (χ0v) is 16.2. The fourth-order valence-corrected chi connectivity index (χ4v) is 3.30. The summed E-state index contributed by atoms with van der Waals surface area (Å²) < 4.78 is 7.45. The highest BCUT2D eigenvalue weighted by atomic mass is 16.5. The van der Waals surface area contributed by atoms with Gasteiger partial charge in [-0.15, -0.1) is 0 Å². The number of hydrogen-bond acceptors (Lipinski definition) is 4. The maximum absolute atomic E-state index is 12.3. The Morgan fingerprint density at radius 3 is 2.55 bits per heavy atom. The topological polar surface area (TPSA) is 69.0 Å². The quantitative estimate of drug-likeness (QED) is 0.528. The molecule has 0 atom stereocenters. The molecule has 0 unspecified atom stereocenters. The molecule has 6 nitrogen and oxygen atoms in total. The SMILES string of the molecule is COc1ccc(Cn2c(CCNC(=O)c3ccncc3)nc3ccccc32)cc1. The van der Waals surface area contributed by atoms with Crippen LogP contribution in [0.2, 0.25) is 0 Å². The van der Waals surface area contributed by atoms with Gasteiger partial charge in [-0.25, -0.2) is 4.98 Å². The van der Waals surface area contributed by atoms with Crippen molar-refractivity contribution in [1.29, 1.82) is 0 Å². The van der Waals surface area contributed by atoms with Crippen LogP contribution in [0.5, 0.6) is 5.75 Å². The summed E-state index contributed by atoms with van der Waals surface area (Å²) in [5, 5.41) is 2.96. The normalized spacial score (nSPS) is 10.8. The van der Waals surface area contributed by atoms with Crippen LogP contribution in [0.15, 0.2) is 73.1 Å². The maximum atomic E-state index is 12.3. The van der Waals surface area contributed by atoms with E-state index >= 15 is 0 Å². The summed E-state index contributed by atoms with van der Waals surface area (Å²) in [5.74, 6) is 1.67. The number of fused-ring (bicyclic) bond motifs is 1. The number of methoxy groups -OCH3 is 1. The number of hydrogen-bond donors (Lipinski definition) is 1. The van der Waals surface area contributed by atoms with E-state index in [0.29, 0.717) is 25.1 Å². The number of benzene rings is 2. The second-order valence-electron chi connectivity index (χ2n) is 6.69. The molecule has 146 valence electrons. The number of rotatable bonds is 7. The second-order valence-corrected chi connectivity index (χ2v) is 6.69. The van der Waals surface area contributed by atoms with Crippen LogP contribution >= 0.6 is 0 Å². The molecular formula is C23H22N4O2. The Bertz CT molecular complexity index is 1100. The first-order chi connectivity index (χ1) is 14.2. The zero-order valence-electron chi connectivity index (χ0n) is 16.2. The van der Waals surface area contributed by atoms with Gasteiger partial charge < -0.3 is 14.6 Å². The molecule has 2 heterocycles. The minimum atomic E-state index is -0.106. The largest absolute Gasteiger partial charge is 0.497 e. The highest BCUT2D eigenvalue weighted by molar-refractivity contribution is 5.93. The third kappa shape index (κ3) is 4.27. The average Bonchev–Trinajstić information content (AvgIpc) is 3.12. The Morgan fingerprint density at radius 1 is 1.03 bits per heavy atom. The summed E-state index contributed by atoms with van der Waals surface area (Å²) in [6.45, 7) is 1.21. The van der Waals surface area contributed by atoms with E-state index in [1.807, 2.05) is 30.3 Å². The Morgan fingerprint density at radius 2 is 1.79 bits per heavy atom. The molecule has 4 rings (SSSR count). The van der Waals surface area contributed by atoms with Gasteiger partial charge in [0.1, 0.15) is 11.6 Å². The number of ether oxygens (including phenoxy) is 1. The summed E-state index contributed by atoms with van der Waals surface area (Å²) in [7, 11) is 1.66. The highest BCUT2D eigenvalue weighted by Gasteiger charge is 2.12. The highest BCUT2D eigenvalue weighted by Crippen LogP contribution is 2.19.